The Kier molecular flexibility index (Phi) is 4.91. The number of carbonyl (C=O) groups is 2. The molecule has 4 fully saturated rings. The van der Waals surface area contributed by atoms with Gasteiger partial charge in [0.05, 0.1) is 10.6 Å². The number of nitrogens with one attached hydrogen (secondary N) is 1. The minimum atomic E-state index is -0.724. The monoisotopic (exact) mass is 393 g/mol. The topological polar surface area (TPSA) is 55.4 Å². The molecule has 0 heterocycles. The van der Waals surface area contributed by atoms with Crippen LogP contribution in [0.25, 0.3) is 0 Å². The van der Waals surface area contributed by atoms with Crippen molar-refractivity contribution in [3.8, 4) is 0 Å². The van der Waals surface area contributed by atoms with E-state index < -0.39 is 11.8 Å². The molecule has 4 aliphatic carbocycles. The summed E-state index contributed by atoms with van der Waals surface area (Å²) in [6.45, 7) is 1.73. The number of ether oxygens (including phenoxy) is 1. The van der Waals surface area contributed by atoms with Gasteiger partial charge in [-0.05, 0) is 86.8 Å². The molecule has 1 amide bonds. The zero-order valence-electron chi connectivity index (χ0n) is 15.5. The van der Waals surface area contributed by atoms with Gasteiger partial charge in [0.15, 0.2) is 6.61 Å². The molecule has 4 nitrogen and oxygen atoms in total. The Bertz CT molecular complexity index is 731. The number of hydrogen-bond donors (Lipinski definition) is 1. The van der Waals surface area contributed by atoms with Crippen molar-refractivity contribution in [3.63, 3.8) is 0 Å². The van der Waals surface area contributed by atoms with Crippen LogP contribution in [0.4, 0.5) is 4.39 Å². The van der Waals surface area contributed by atoms with Crippen molar-refractivity contribution in [3.05, 3.63) is 34.6 Å². The zero-order valence-corrected chi connectivity index (χ0v) is 16.2. The quantitative estimate of drug-likeness (QED) is 0.756. The Morgan fingerprint density at radius 2 is 1.81 bits per heavy atom. The fourth-order valence-corrected chi connectivity index (χ4v) is 6.25. The highest BCUT2D eigenvalue weighted by atomic mass is 35.5. The normalized spacial score (nSPS) is 32.2. The van der Waals surface area contributed by atoms with E-state index in [1.807, 2.05) is 0 Å². The summed E-state index contributed by atoms with van der Waals surface area (Å²) in [5.74, 6) is 0.887. The lowest BCUT2D eigenvalue weighted by Gasteiger charge is -2.59. The molecule has 4 saturated carbocycles. The van der Waals surface area contributed by atoms with Gasteiger partial charge in [0.2, 0.25) is 0 Å². The summed E-state index contributed by atoms with van der Waals surface area (Å²) in [6.07, 6.45) is 7.67. The van der Waals surface area contributed by atoms with Crippen LogP contribution in [0.2, 0.25) is 5.02 Å². The second-order valence-electron chi connectivity index (χ2n) is 8.77. The highest BCUT2D eigenvalue weighted by Crippen LogP contribution is 2.61. The molecule has 1 atom stereocenters. The van der Waals surface area contributed by atoms with Gasteiger partial charge in [-0.25, -0.2) is 9.18 Å². The van der Waals surface area contributed by atoms with Gasteiger partial charge in [-0.1, -0.05) is 11.6 Å². The van der Waals surface area contributed by atoms with Crippen LogP contribution in [0.5, 0.6) is 0 Å². The average molecular weight is 394 g/mol. The van der Waals surface area contributed by atoms with Crippen molar-refractivity contribution in [2.75, 3.05) is 6.61 Å². The van der Waals surface area contributed by atoms with Gasteiger partial charge in [-0.2, -0.15) is 0 Å². The Hall–Kier alpha value is -1.62. The molecule has 0 unspecified atom stereocenters. The average Bonchev–Trinajstić information content (AvgIpc) is 2.58. The number of halogens is 2. The summed E-state index contributed by atoms with van der Waals surface area (Å²) in [4.78, 5) is 24.4. The van der Waals surface area contributed by atoms with Crippen LogP contribution in [0.15, 0.2) is 18.2 Å². The molecule has 0 aromatic heterocycles. The number of benzene rings is 1. The third kappa shape index (κ3) is 3.71. The fourth-order valence-electron chi connectivity index (χ4n) is 6.01. The maximum Gasteiger partial charge on any atom is 0.340 e. The molecule has 4 bridgehead atoms. The van der Waals surface area contributed by atoms with E-state index >= 15 is 0 Å². The predicted octanol–water partition coefficient (Wildman–Crippen LogP) is 4.36. The lowest BCUT2D eigenvalue weighted by molar-refractivity contribution is -0.128. The van der Waals surface area contributed by atoms with Crippen LogP contribution in [0.3, 0.4) is 0 Å². The molecule has 0 spiro atoms. The molecule has 0 aliphatic heterocycles. The first-order chi connectivity index (χ1) is 12.8. The second-order valence-corrected chi connectivity index (χ2v) is 9.18. The van der Waals surface area contributed by atoms with E-state index in [-0.39, 0.29) is 34.6 Å². The van der Waals surface area contributed by atoms with Gasteiger partial charge < -0.3 is 10.1 Å². The van der Waals surface area contributed by atoms with Gasteiger partial charge in [-0.3, -0.25) is 4.79 Å². The summed E-state index contributed by atoms with van der Waals surface area (Å²) >= 11 is 5.86. The van der Waals surface area contributed by atoms with Crippen molar-refractivity contribution < 1.29 is 18.7 Å². The maximum atomic E-state index is 13.1. The van der Waals surface area contributed by atoms with Gasteiger partial charge >= 0.3 is 5.97 Å². The largest absolute Gasteiger partial charge is 0.452 e. The molecule has 5 rings (SSSR count). The van der Waals surface area contributed by atoms with Crippen molar-refractivity contribution in [1.82, 2.24) is 5.32 Å². The molecule has 4 aliphatic rings. The highest BCUT2D eigenvalue weighted by molar-refractivity contribution is 6.33. The Morgan fingerprint density at radius 3 is 2.37 bits per heavy atom. The summed E-state index contributed by atoms with van der Waals surface area (Å²) in [5, 5.41) is 3.03. The molecule has 6 heteroatoms. The van der Waals surface area contributed by atoms with Crippen LogP contribution < -0.4 is 5.32 Å². The molecule has 0 saturated heterocycles. The SMILES string of the molecule is C[C@@H](NC(=O)COC(=O)c1ccc(F)cc1Cl)C12CC3CC(CC(C3)C1)C2. The Labute approximate surface area is 163 Å². The Morgan fingerprint density at radius 1 is 1.22 bits per heavy atom. The first kappa shape index (κ1) is 18.7. The highest BCUT2D eigenvalue weighted by Gasteiger charge is 2.53. The van der Waals surface area contributed by atoms with E-state index in [4.69, 9.17) is 16.3 Å². The third-order valence-electron chi connectivity index (χ3n) is 6.87. The van der Waals surface area contributed by atoms with Gasteiger partial charge in [0.1, 0.15) is 5.82 Å². The zero-order chi connectivity index (χ0) is 19.2. The Balaban J connectivity index is 1.32. The first-order valence-electron chi connectivity index (χ1n) is 9.76. The summed E-state index contributed by atoms with van der Waals surface area (Å²) in [7, 11) is 0. The summed E-state index contributed by atoms with van der Waals surface area (Å²) in [5.41, 5.74) is 0.259. The van der Waals surface area contributed by atoms with E-state index in [2.05, 4.69) is 12.2 Å². The van der Waals surface area contributed by atoms with Crippen molar-refractivity contribution >= 4 is 23.5 Å². The molecule has 1 N–H and O–H groups in total. The first-order valence-corrected chi connectivity index (χ1v) is 10.1. The van der Waals surface area contributed by atoms with E-state index in [0.29, 0.717) is 0 Å². The number of esters is 1. The second kappa shape index (κ2) is 7.08. The number of amides is 1. The predicted molar refractivity (Wildman–Crippen MR) is 99.9 cm³/mol. The van der Waals surface area contributed by atoms with Crippen molar-refractivity contribution in [2.24, 2.45) is 23.2 Å². The van der Waals surface area contributed by atoms with E-state index in [1.165, 1.54) is 44.6 Å². The molecular formula is C21H25ClFNO3. The van der Waals surface area contributed by atoms with Crippen LogP contribution in [0, 0.1) is 29.0 Å². The fraction of sp³-hybridized carbons (Fsp3) is 0.619. The minimum absolute atomic E-state index is 0.0256. The molecule has 27 heavy (non-hydrogen) atoms. The van der Waals surface area contributed by atoms with E-state index in [1.54, 1.807) is 0 Å². The van der Waals surface area contributed by atoms with Gasteiger partial charge in [-0.15, -0.1) is 0 Å². The molecule has 1 aromatic rings. The maximum absolute atomic E-state index is 13.1. The van der Waals surface area contributed by atoms with Crippen LogP contribution >= 0.6 is 11.6 Å². The standard InChI is InChI=1S/C21H25ClFNO3/c1-12(21-8-13-4-14(9-21)6-15(5-13)10-21)24-19(25)11-27-20(26)17-3-2-16(23)7-18(17)22/h2-3,7,12-15H,4-6,8-11H2,1H3,(H,24,25)/t12-,13?,14?,15?,21?/m1/s1. The van der Waals surface area contributed by atoms with Gasteiger partial charge in [0, 0.05) is 6.04 Å². The van der Waals surface area contributed by atoms with Crippen molar-refractivity contribution in [2.45, 2.75) is 51.5 Å². The van der Waals surface area contributed by atoms with E-state index in [9.17, 15) is 14.0 Å². The molecule has 146 valence electrons. The van der Waals surface area contributed by atoms with Gasteiger partial charge in [0.25, 0.3) is 5.91 Å². The number of rotatable bonds is 5. The van der Waals surface area contributed by atoms with Crippen LogP contribution in [-0.4, -0.2) is 24.5 Å². The van der Waals surface area contributed by atoms with Crippen LogP contribution in [-0.2, 0) is 9.53 Å². The van der Waals surface area contributed by atoms with Crippen LogP contribution in [0.1, 0.15) is 55.8 Å². The summed E-state index contributed by atoms with van der Waals surface area (Å²) in [6, 6.07) is 3.52. The van der Waals surface area contributed by atoms with E-state index in [0.717, 1.165) is 29.9 Å². The number of hydrogen-bond acceptors (Lipinski definition) is 3. The smallest absolute Gasteiger partial charge is 0.340 e. The number of carbonyl (C=O) groups excluding carboxylic acids is 2. The summed E-state index contributed by atoms with van der Waals surface area (Å²) < 4.78 is 18.1. The lowest BCUT2D eigenvalue weighted by Crippen LogP contribution is -2.56. The van der Waals surface area contributed by atoms with Crippen molar-refractivity contribution in [1.29, 1.82) is 0 Å². The molecule has 0 radical (unpaired) electrons. The molecule has 1 aromatic carbocycles. The third-order valence-corrected chi connectivity index (χ3v) is 7.18. The lowest BCUT2D eigenvalue weighted by atomic mass is 9.48. The minimum Gasteiger partial charge on any atom is -0.452 e. The molecular weight excluding hydrogens is 369 g/mol.